The summed E-state index contributed by atoms with van der Waals surface area (Å²) in [6.45, 7) is 4.54. The number of nitrogens with zero attached hydrogens (tertiary/aromatic N) is 2. The van der Waals surface area contributed by atoms with Crippen molar-refractivity contribution in [1.82, 2.24) is 14.9 Å². The predicted molar refractivity (Wildman–Crippen MR) is 117 cm³/mol. The number of aromatic nitrogens is 2. The molecule has 150 valence electrons. The van der Waals surface area contributed by atoms with Crippen LogP contribution in [0, 0.1) is 0 Å². The summed E-state index contributed by atoms with van der Waals surface area (Å²) in [6, 6.07) is 17.8. The van der Waals surface area contributed by atoms with Gasteiger partial charge in [-0.25, -0.2) is 4.98 Å². The molecule has 1 amide bonds. The van der Waals surface area contributed by atoms with Gasteiger partial charge in [-0.15, -0.1) is 0 Å². The van der Waals surface area contributed by atoms with E-state index >= 15 is 0 Å². The van der Waals surface area contributed by atoms with E-state index in [0.717, 1.165) is 12.8 Å². The molecule has 0 spiro atoms. The Kier molecular flexibility index (Phi) is 5.72. The minimum absolute atomic E-state index is 0.00842. The highest BCUT2D eigenvalue weighted by atomic mass is 32.2. The van der Waals surface area contributed by atoms with Gasteiger partial charge in [0.25, 0.3) is 5.56 Å². The Bertz CT molecular complexity index is 1080. The second-order valence-corrected chi connectivity index (χ2v) is 8.94. The molecule has 29 heavy (non-hydrogen) atoms. The van der Waals surface area contributed by atoms with Gasteiger partial charge in [-0.3, -0.25) is 14.2 Å². The molecular weight excluding hydrogens is 382 g/mol. The zero-order valence-corrected chi connectivity index (χ0v) is 17.5. The van der Waals surface area contributed by atoms with Crippen LogP contribution < -0.4 is 10.9 Å². The van der Waals surface area contributed by atoms with E-state index in [4.69, 9.17) is 4.98 Å². The quantitative estimate of drug-likeness (QED) is 0.472. The molecule has 0 aliphatic heterocycles. The lowest BCUT2D eigenvalue weighted by molar-refractivity contribution is -0.120. The van der Waals surface area contributed by atoms with Crippen molar-refractivity contribution < 1.29 is 4.79 Å². The normalized spacial score (nSPS) is 15.8. The number of carbonyl (C=O) groups excluding carboxylic acids is 1. The number of thioether (sulfide) groups is 1. The lowest BCUT2D eigenvalue weighted by Gasteiger charge is -2.18. The maximum atomic E-state index is 13.0. The first kappa shape index (κ1) is 19.7. The Morgan fingerprint density at radius 2 is 1.83 bits per heavy atom. The average molecular weight is 408 g/mol. The second-order valence-electron chi connectivity index (χ2n) is 7.63. The van der Waals surface area contributed by atoms with Crippen LogP contribution >= 0.6 is 11.8 Å². The van der Waals surface area contributed by atoms with Gasteiger partial charge in [-0.05, 0) is 43.4 Å². The Morgan fingerprint density at radius 1 is 1.14 bits per heavy atom. The molecule has 1 fully saturated rings. The summed E-state index contributed by atoms with van der Waals surface area (Å²) in [4.78, 5) is 30.4. The molecule has 1 heterocycles. The molecule has 0 radical (unpaired) electrons. The van der Waals surface area contributed by atoms with Crippen molar-refractivity contribution >= 4 is 28.6 Å². The van der Waals surface area contributed by atoms with Crippen LogP contribution in [0.3, 0.4) is 0 Å². The molecule has 0 saturated heterocycles. The van der Waals surface area contributed by atoms with Crippen LogP contribution in [0.5, 0.6) is 0 Å². The summed E-state index contributed by atoms with van der Waals surface area (Å²) in [5.41, 5.74) is 1.87. The van der Waals surface area contributed by atoms with E-state index < -0.39 is 0 Å². The zero-order valence-electron chi connectivity index (χ0n) is 16.7. The first-order valence-corrected chi connectivity index (χ1v) is 10.9. The number of nitrogens with one attached hydrogen (secondary N) is 1. The van der Waals surface area contributed by atoms with E-state index in [1.165, 1.54) is 17.3 Å². The third kappa shape index (κ3) is 4.37. The maximum absolute atomic E-state index is 13.0. The third-order valence-electron chi connectivity index (χ3n) is 5.29. The van der Waals surface area contributed by atoms with Gasteiger partial charge in [0.15, 0.2) is 5.16 Å². The van der Waals surface area contributed by atoms with E-state index in [1.807, 2.05) is 49.4 Å². The molecule has 5 nitrogen and oxygen atoms in total. The van der Waals surface area contributed by atoms with Crippen LogP contribution in [-0.4, -0.2) is 27.3 Å². The van der Waals surface area contributed by atoms with Gasteiger partial charge < -0.3 is 5.32 Å². The van der Waals surface area contributed by atoms with Gasteiger partial charge in [-0.2, -0.15) is 0 Å². The van der Waals surface area contributed by atoms with Gasteiger partial charge in [-0.1, -0.05) is 61.2 Å². The standard InChI is InChI=1S/C23H25N3O2S/c1-15(17-8-4-3-5-9-17)14-24-21(27)16(2)29-23-25-20-11-7-6-10-19(20)22(28)26(23)18-12-13-18/h3-11,15-16,18H,12-14H2,1-2H3,(H,24,27)/t15-,16-/m0/s1. The number of carbonyl (C=O) groups is 1. The number of rotatable bonds is 7. The highest BCUT2D eigenvalue weighted by molar-refractivity contribution is 8.00. The summed E-state index contributed by atoms with van der Waals surface area (Å²) < 4.78 is 1.78. The second kappa shape index (κ2) is 8.41. The number of para-hydroxylation sites is 1. The van der Waals surface area contributed by atoms with Crippen molar-refractivity contribution in [2.45, 2.75) is 49.1 Å². The number of hydrogen-bond donors (Lipinski definition) is 1. The summed E-state index contributed by atoms with van der Waals surface area (Å²) in [5, 5.41) is 3.98. The largest absolute Gasteiger partial charge is 0.355 e. The number of fused-ring (bicyclic) bond motifs is 1. The van der Waals surface area contributed by atoms with Crippen LogP contribution in [0.1, 0.15) is 44.2 Å². The molecule has 6 heteroatoms. The van der Waals surface area contributed by atoms with Gasteiger partial charge in [0.05, 0.1) is 16.2 Å². The molecule has 1 aliphatic rings. The smallest absolute Gasteiger partial charge is 0.262 e. The highest BCUT2D eigenvalue weighted by Gasteiger charge is 2.30. The topological polar surface area (TPSA) is 64.0 Å². The lowest BCUT2D eigenvalue weighted by atomic mass is 10.0. The van der Waals surface area contributed by atoms with Crippen molar-refractivity contribution in [3.63, 3.8) is 0 Å². The van der Waals surface area contributed by atoms with Crippen molar-refractivity contribution in [3.05, 3.63) is 70.5 Å². The summed E-state index contributed by atoms with van der Waals surface area (Å²) >= 11 is 1.36. The van der Waals surface area contributed by atoms with Crippen LogP contribution in [-0.2, 0) is 4.79 Å². The van der Waals surface area contributed by atoms with Crippen molar-refractivity contribution in [1.29, 1.82) is 0 Å². The van der Waals surface area contributed by atoms with Gasteiger partial charge in [0.1, 0.15) is 0 Å². The summed E-state index contributed by atoms with van der Waals surface area (Å²) in [5.74, 6) is 0.198. The van der Waals surface area contributed by atoms with Crippen LogP contribution in [0.15, 0.2) is 64.5 Å². The van der Waals surface area contributed by atoms with Crippen LogP contribution in [0.2, 0.25) is 0 Å². The van der Waals surface area contributed by atoms with Crippen LogP contribution in [0.25, 0.3) is 10.9 Å². The van der Waals surface area contributed by atoms with Gasteiger partial charge in [0.2, 0.25) is 5.91 Å². The average Bonchev–Trinajstić information content (AvgIpc) is 3.57. The Hall–Kier alpha value is -2.60. The number of hydrogen-bond acceptors (Lipinski definition) is 4. The highest BCUT2D eigenvalue weighted by Crippen LogP contribution is 2.37. The monoisotopic (exact) mass is 407 g/mol. The molecule has 3 aromatic rings. The van der Waals surface area contributed by atoms with Crippen molar-refractivity contribution in [2.75, 3.05) is 6.54 Å². The molecule has 0 unspecified atom stereocenters. The van der Waals surface area contributed by atoms with E-state index in [-0.39, 0.29) is 28.7 Å². The van der Waals surface area contributed by atoms with Gasteiger partial charge >= 0.3 is 0 Å². The predicted octanol–water partition coefficient (Wildman–Crippen LogP) is 4.13. The van der Waals surface area contributed by atoms with E-state index in [0.29, 0.717) is 22.6 Å². The van der Waals surface area contributed by atoms with E-state index in [1.54, 1.807) is 4.57 Å². The molecule has 1 aromatic heterocycles. The van der Waals surface area contributed by atoms with Crippen molar-refractivity contribution in [2.24, 2.45) is 0 Å². The minimum Gasteiger partial charge on any atom is -0.355 e. The fraction of sp³-hybridized carbons (Fsp3) is 0.348. The fourth-order valence-electron chi connectivity index (χ4n) is 3.37. The molecule has 2 aromatic carbocycles. The molecule has 1 saturated carbocycles. The minimum atomic E-state index is -0.337. The Balaban J connectivity index is 1.48. The van der Waals surface area contributed by atoms with E-state index in [9.17, 15) is 9.59 Å². The Morgan fingerprint density at radius 3 is 2.55 bits per heavy atom. The first-order chi connectivity index (χ1) is 14.0. The first-order valence-electron chi connectivity index (χ1n) is 10.0. The van der Waals surface area contributed by atoms with Gasteiger partial charge in [0, 0.05) is 12.6 Å². The summed E-state index contributed by atoms with van der Waals surface area (Å²) in [7, 11) is 0. The zero-order chi connectivity index (χ0) is 20.4. The van der Waals surface area contributed by atoms with E-state index in [2.05, 4.69) is 24.4 Å². The third-order valence-corrected chi connectivity index (χ3v) is 6.36. The maximum Gasteiger partial charge on any atom is 0.262 e. The molecule has 0 bridgehead atoms. The van der Waals surface area contributed by atoms with Crippen LogP contribution in [0.4, 0.5) is 0 Å². The molecule has 1 N–H and O–H groups in total. The lowest BCUT2D eigenvalue weighted by Crippen LogP contribution is -2.34. The Labute approximate surface area is 174 Å². The molecule has 2 atom stereocenters. The fourth-order valence-corrected chi connectivity index (χ4v) is 4.38. The number of amides is 1. The molecular formula is C23H25N3O2S. The summed E-state index contributed by atoms with van der Waals surface area (Å²) in [6.07, 6.45) is 1.98. The molecule has 4 rings (SSSR count). The molecule has 1 aliphatic carbocycles. The number of benzene rings is 2. The SMILES string of the molecule is C[C@H](Sc1nc2ccccc2c(=O)n1C1CC1)C(=O)NC[C@H](C)c1ccccc1. The van der Waals surface area contributed by atoms with Crippen molar-refractivity contribution in [3.8, 4) is 0 Å².